The molecule has 1 aliphatic rings. The van der Waals surface area contributed by atoms with Gasteiger partial charge in [-0.2, -0.15) is 0 Å². The van der Waals surface area contributed by atoms with Crippen LogP contribution in [0.5, 0.6) is 0 Å². The third-order valence-corrected chi connectivity index (χ3v) is 5.14. The lowest BCUT2D eigenvalue weighted by atomic mass is 9.93. The van der Waals surface area contributed by atoms with E-state index in [9.17, 15) is 0 Å². The third kappa shape index (κ3) is 1.29. The number of hydrogen-bond donors (Lipinski definition) is 1. The van der Waals surface area contributed by atoms with E-state index in [0.717, 1.165) is 0 Å². The van der Waals surface area contributed by atoms with Crippen LogP contribution in [0.4, 0.5) is 0 Å². The molecule has 0 aliphatic heterocycles. The molecule has 4 aromatic carbocycles. The van der Waals surface area contributed by atoms with Crippen molar-refractivity contribution in [3.05, 3.63) is 72.8 Å². The largest absolute Gasteiger partial charge is 0.354 e. The van der Waals surface area contributed by atoms with Crippen molar-refractivity contribution in [1.82, 2.24) is 4.98 Å². The highest BCUT2D eigenvalue weighted by Gasteiger charge is 2.21. The van der Waals surface area contributed by atoms with Crippen LogP contribution >= 0.6 is 0 Å². The lowest BCUT2D eigenvalue weighted by molar-refractivity contribution is 1.54. The molecule has 5 aromatic rings. The molecular formula is C22H13N. The minimum Gasteiger partial charge on any atom is -0.354 e. The Morgan fingerprint density at radius 2 is 1.09 bits per heavy atom. The molecule has 106 valence electrons. The molecule has 0 unspecified atom stereocenters. The van der Waals surface area contributed by atoms with Crippen molar-refractivity contribution in [2.24, 2.45) is 0 Å². The Morgan fingerprint density at radius 1 is 0.435 bits per heavy atom. The van der Waals surface area contributed by atoms with E-state index < -0.39 is 0 Å². The molecule has 0 saturated heterocycles. The lowest BCUT2D eigenvalue weighted by Crippen LogP contribution is -1.85. The molecule has 0 bridgehead atoms. The minimum absolute atomic E-state index is 1.22. The Bertz CT molecular complexity index is 1240. The molecule has 0 amide bonds. The predicted molar refractivity (Wildman–Crippen MR) is 97.7 cm³/mol. The number of benzene rings is 4. The monoisotopic (exact) mass is 291 g/mol. The molecule has 1 aromatic heterocycles. The number of hydrogen-bond acceptors (Lipinski definition) is 0. The van der Waals surface area contributed by atoms with E-state index in [-0.39, 0.29) is 0 Å². The number of aromatic nitrogens is 1. The van der Waals surface area contributed by atoms with Crippen LogP contribution in [0.25, 0.3) is 54.8 Å². The maximum Gasteiger partial charge on any atom is 0.0471 e. The van der Waals surface area contributed by atoms with Gasteiger partial charge in [-0.3, -0.25) is 0 Å². The molecule has 1 aliphatic carbocycles. The van der Waals surface area contributed by atoms with Gasteiger partial charge in [0.2, 0.25) is 0 Å². The first-order valence-corrected chi connectivity index (χ1v) is 7.98. The maximum atomic E-state index is 3.60. The second-order valence-electron chi connectivity index (χ2n) is 6.29. The van der Waals surface area contributed by atoms with Crippen molar-refractivity contribution in [3.63, 3.8) is 0 Å². The van der Waals surface area contributed by atoms with Gasteiger partial charge < -0.3 is 4.98 Å². The van der Waals surface area contributed by atoms with E-state index in [4.69, 9.17) is 0 Å². The average Bonchev–Trinajstić information content (AvgIpc) is 2.94. The zero-order valence-electron chi connectivity index (χ0n) is 12.4. The summed E-state index contributed by atoms with van der Waals surface area (Å²) in [5.74, 6) is 0. The van der Waals surface area contributed by atoms with Gasteiger partial charge in [-0.05, 0) is 45.2 Å². The first-order valence-electron chi connectivity index (χ1n) is 7.98. The van der Waals surface area contributed by atoms with Crippen LogP contribution in [-0.4, -0.2) is 4.98 Å². The fourth-order valence-corrected chi connectivity index (χ4v) is 4.22. The van der Waals surface area contributed by atoms with Crippen molar-refractivity contribution >= 4 is 32.6 Å². The molecule has 1 N–H and O–H groups in total. The first kappa shape index (κ1) is 11.5. The Labute approximate surface area is 133 Å². The molecular weight excluding hydrogens is 278 g/mol. The van der Waals surface area contributed by atoms with Gasteiger partial charge in [-0.15, -0.1) is 0 Å². The zero-order chi connectivity index (χ0) is 15.0. The van der Waals surface area contributed by atoms with Gasteiger partial charge in [-0.25, -0.2) is 0 Å². The van der Waals surface area contributed by atoms with Crippen molar-refractivity contribution in [2.75, 3.05) is 0 Å². The Balaban J connectivity index is 2.08. The minimum atomic E-state index is 1.22. The summed E-state index contributed by atoms with van der Waals surface area (Å²) in [6.45, 7) is 0. The zero-order valence-corrected chi connectivity index (χ0v) is 12.4. The second kappa shape index (κ2) is 3.82. The van der Waals surface area contributed by atoms with Crippen molar-refractivity contribution in [2.45, 2.75) is 0 Å². The van der Waals surface area contributed by atoms with Gasteiger partial charge in [0.25, 0.3) is 0 Å². The normalized spacial score (nSPS) is 12.3. The van der Waals surface area contributed by atoms with E-state index in [1.165, 1.54) is 54.8 Å². The molecule has 6 rings (SSSR count). The summed E-state index contributed by atoms with van der Waals surface area (Å²) in [7, 11) is 0. The standard InChI is InChI=1S/C22H13N/c1-2-7-15-14(6-1)16-8-3-5-13-11-12-19-22(20(13)16)21-17(15)9-4-10-18(21)23-19/h1-12,23H. The summed E-state index contributed by atoms with van der Waals surface area (Å²) in [5, 5.41) is 5.39. The molecule has 1 heterocycles. The molecule has 0 saturated carbocycles. The van der Waals surface area contributed by atoms with E-state index in [1.54, 1.807) is 0 Å². The first-order chi connectivity index (χ1) is 11.4. The van der Waals surface area contributed by atoms with Crippen LogP contribution in [-0.2, 0) is 0 Å². The van der Waals surface area contributed by atoms with Gasteiger partial charge in [0.1, 0.15) is 0 Å². The Kier molecular flexibility index (Phi) is 1.91. The van der Waals surface area contributed by atoms with Gasteiger partial charge in [0.15, 0.2) is 0 Å². The smallest absolute Gasteiger partial charge is 0.0471 e. The van der Waals surface area contributed by atoms with Crippen LogP contribution in [0.2, 0.25) is 0 Å². The summed E-state index contributed by atoms with van der Waals surface area (Å²) in [6.07, 6.45) is 0. The molecule has 0 spiro atoms. The second-order valence-corrected chi connectivity index (χ2v) is 6.29. The highest BCUT2D eigenvalue weighted by Crippen LogP contribution is 2.47. The van der Waals surface area contributed by atoms with Crippen molar-refractivity contribution < 1.29 is 0 Å². The van der Waals surface area contributed by atoms with E-state index in [0.29, 0.717) is 0 Å². The fourth-order valence-electron chi connectivity index (χ4n) is 4.22. The van der Waals surface area contributed by atoms with Crippen LogP contribution in [0, 0.1) is 0 Å². The summed E-state index contributed by atoms with van der Waals surface area (Å²) in [4.78, 5) is 3.60. The van der Waals surface area contributed by atoms with Crippen LogP contribution in [0.1, 0.15) is 0 Å². The average molecular weight is 291 g/mol. The van der Waals surface area contributed by atoms with Gasteiger partial charge in [-0.1, -0.05) is 60.7 Å². The predicted octanol–water partition coefficient (Wildman–Crippen LogP) is 6.12. The highest BCUT2D eigenvalue weighted by molar-refractivity contribution is 6.29. The van der Waals surface area contributed by atoms with Gasteiger partial charge >= 0.3 is 0 Å². The molecule has 0 radical (unpaired) electrons. The lowest BCUT2D eigenvalue weighted by Gasteiger charge is -2.10. The quantitative estimate of drug-likeness (QED) is 0.347. The maximum absolute atomic E-state index is 3.60. The van der Waals surface area contributed by atoms with Crippen LogP contribution in [0.3, 0.4) is 0 Å². The SMILES string of the molecule is c1ccc2c(c1)-c1cccc3ccc4[nH]c5cccc-2c5c4c13. The van der Waals surface area contributed by atoms with E-state index in [2.05, 4.69) is 77.8 Å². The summed E-state index contributed by atoms with van der Waals surface area (Å²) < 4.78 is 0. The summed E-state index contributed by atoms with van der Waals surface area (Å²) >= 11 is 0. The summed E-state index contributed by atoms with van der Waals surface area (Å²) in [5.41, 5.74) is 7.75. The molecule has 23 heavy (non-hydrogen) atoms. The fraction of sp³-hybridized carbons (Fsp3) is 0. The molecule has 1 heteroatoms. The highest BCUT2D eigenvalue weighted by atomic mass is 14.7. The van der Waals surface area contributed by atoms with Gasteiger partial charge in [0.05, 0.1) is 0 Å². The number of H-pyrrole nitrogens is 1. The van der Waals surface area contributed by atoms with Crippen molar-refractivity contribution in [3.8, 4) is 22.3 Å². The van der Waals surface area contributed by atoms with Crippen molar-refractivity contribution in [1.29, 1.82) is 0 Å². The number of rotatable bonds is 0. The van der Waals surface area contributed by atoms with Crippen LogP contribution < -0.4 is 0 Å². The van der Waals surface area contributed by atoms with E-state index >= 15 is 0 Å². The topological polar surface area (TPSA) is 15.8 Å². The number of fused-ring (bicyclic) bond motifs is 3. The summed E-state index contributed by atoms with van der Waals surface area (Å²) in [6, 6.07) is 26.4. The Morgan fingerprint density at radius 3 is 1.91 bits per heavy atom. The Hall–Kier alpha value is -3.06. The molecule has 1 nitrogen and oxygen atoms in total. The third-order valence-electron chi connectivity index (χ3n) is 5.14. The number of aromatic amines is 1. The molecule has 0 fully saturated rings. The van der Waals surface area contributed by atoms with E-state index in [1.807, 2.05) is 0 Å². The number of nitrogens with one attached hydrogen (secondary N) is 1. The van der Waals surface area contributed by atoms with Crippen LogP contribution in [0.15, 0.2) is 72.8 Å². The van der Waals surface area contributed by atoms with Gasteiger partial charge in [0, 0.05) is 21.8 Å². The molecule has 0 atom stereocenters.